The molecule has 26 heavy (non-hydrogen) atoms. The fourth-order valence-corrected chi connectivity index (χ4v) is 4.16. The maximum absolute atomic E-state index is 2.70. The Morgan fingerprint density at radius 3 is 2.08 bits per heavy atom. The molecule has 148 valence electrons. The van der Waals surface area contributed by atoms with Gasteiger partial charge in [-0.15, -0.1) is 0 Å². The van der Waals surface area contributed by atoms with E-state index >= 15 is 0 Å². The summed E-state index contributed by atoms with van der Waals surface area (Å²) in [5.74, 6) is 0.882. The second kappa shape index (κ2) is 9.75. The fraction of sp³-hybridized carbons (Fsp3) is 0.739. The van der Waals surface area contributed by atoms with Gasteiger partial charge in [-0.3, -0.25) is 4.90 Å². The minimum Gasteiger partial charge on any atom is -0.372 e. The second-order valence-electron chi connectivity index (χ2n) is 8.73. The molecule has 0 bridgehead atoms. The van der Waals surface area contributed by atoms with Crippen LogP contribution in [0.3, 0.4) is 0 Å². The first-order chi connectivity index (χ1) is 12.4. The highest BCUT2D eigenvalue weighted by atomic mass is 15.3. The Morgan fingerprint density at radius 2 is 1.54 bits per heavy atom. The zero-order valence-electron chi connectivity index (χ0n) is 18.1. The van der Waals surface area contributed by atoms with Crippen molar-refractivity contribution in [2.45, 2.75) is 59.9 Å². The summed E-state index contributed by atoms with van der Waals surface area (Å²) in [5, 5.41) is 0. The summed E-state index contributed by atoms with van der Waals surface area (Å²) in [5.41, 5.74) is 3.10. The van der Waals surface area contributed by atoms with Crippen molar-refractivity contribution in [3.8, 4) is 0 Å². The van der Waals surface area contributed by atoms with E-state index in [9.17, 15) is 0 Å². The van der Waals surface area contributed by atoms with Crippen LogP contribution >= 0.6 is 0 Å². The van der Waals surface area contributed by atoms with Gasteiger partial charge in [0.1, 0.15) is 0 Å². The van der Waals surface area contributed by atoms with E-state index in [1.165, 1.54) is 69.9 Å². The molecule has 0 spiro atoms. The monoisotopic (exact) mass is 359 g/mol. The molecule has 2 saturated heterocycles. The molecule has 0 saturated carbocycles. The zero-order chi connectivity index (χ0) is 19.2. The Bertz CT molecular complexity index is 518. The van der Waals surface area contributed by atoms with Gasteiger partial charge in [-0.05, 0) is 64.2 Å². The first kappa shape index (κ1) is 21.2. The van der Waals surface area contributed by atoms with Crippen LogP contribution in [0.2, 0.25) is 0 Å². The maximum Gasteiger partial charge on any atom is 0.0368 e. The van der Waals surface area contributed by atoms with Gasteiger partial charge in [0.25, 0.3) is 0 Å². The number of aryl methyl sites for hydroxylation is 1. The van der Waals surface area contributed by atoms with Crippen LogP contribution in [0.1, 0.15) is 53.0 Å². The number of hydrogen-bond donors (Lipinski definition) is 0. The minimum atomic E-state index is 0.325. The van der Waals surface area contributed by atoms with Crippen molar-refractivity contribution in [1.82, 2.24) is 9.80 Å². The molecule has 0 amide bonds. The number of hydrogen-bond acceptors (Lipinski definition) is 3. The normalized spacial score (nSPS) is 20.6. The molecule has 0 atom stereocenters. The number of anilines is 1. The molecule has 2 heterocycles. The van der Waals surface area contributed by atoms with E-state index in [0.29, 0.717) is 5.54 Å². The average Bonchev–Trinajstić information content (AvgIpc) is 2.64. The van der Waals surface area contributed by atoms with Gasteiger partial charge in [0.15, 0.2) is 0 Å². The van der Waals surface area contributed by atoms with Gasteiger partial charge in [0.05, 0.1) is 0 Å². The highest BCUT2D eigenvalue weighted by Gasteiger charge is 2.28. The summed E-state index contributed by atoms with van der Waals surface area (Å²) in [7, 11) is 0. The largest absolute Gasteiger partial charge is 0.372 e. The highest BCUT2D eigenvalue weighted by molar-refractivity contribution is 5.48. The van der Waals surface area contributed by atoms with Gasteiger partial charge < -0.3 is 9.80 Å². The van der Waals surface area contributed by atoms with Crippen molar-refractivity contribution in [1.29, 1.82) is 0 Å². The third kappa shape index (κ3) is 5.99. The Balaban J connectivity index is 0.00000117. The number of piperidine rings is 1. The summed E-state index contributed by atoms with van der Waals surface area (Å²) in [4.78, 5) is 7.90. The number of nitrogens with zero attached hydrogens (tertiary/aromatic N) is 3. The van der Waals surface area contributed by atoms with Crippen molar-refractivity contribution in [3.63, 3.8) is 0 Å². The molecule has 2 fully saturated rings. The lowest BCUT2D eigenvalue weighted by molar-refractivity contribution is 0.0533. The van der Waals surface area contributed by atoms with Gasteiger partial charge in [-0.1, -0.05) is 26.0 Å². The molecular weight excluding hydrogens is 318 g/mol. The predicted molar refractivity (Wildman–Crippen MR) is 115 cm³/mol. The topological polar surface area (TPSA) is 9.72 Å². The van der Waals surface area contributed by atoms with E-state index < -0.39 is 0 Å². The van der Waals surface area contributed by atoms with E-state index in [1.807, 2.05) is 13.8 Å². The van der Waals surface area contributed by atoms with Gasteiger partial charge in [-0.2, -0.15) is 0 Å². The third-order valence-corrected chi connectivity index (χ3v) is 5.82. The smallest absolute Gasteiger partial charge is 0.0368 e. The van der Waals surface area contributed by atoms with Crippen molar-refractivity contribution in [2.75, 3.05) is 50.7 Å². The van der Waals surface area contributed by atoms with E-state index in [0.717, 1.165) is 5.92 Å². The molecule has 0 aromatic heterocycles. The van der Waals surface area contributed by atoms with E-state index in [2.05, 4.69) is 66.7 Å². The molecule has 2 aliphatic heterocycles. The van der Waals surface area contributed by atoms with Crippen LogP contribution in [0.25, 0.3) is 0 Å². The quantitative estimate of drug-likeness (QED) is 0.777. The SMILES string of the molecule is CC.Cc1cccc(N2CCC(CN3CCN(C(C)(C)C)CC3)CC2)c1. The Labute approximate surface area is 162 Å². The van der Waals surface area contributed by atoms with Gasteiger partial charge in [0.2, 0.25) is 0 Å². The molecule has 0 unspecified atom stereocenters. The number of benzene rings is 1. The first-order valence-electron chi connectivity index (χ1n) is 10.7. The van der Waals surface area contributed by atoms with Crippen molar-refractivity contribution in [3.05, 3.63) is 29.8 Å². The van der Waals surface area contributed by atoms with Crippen molar-refractivity contribution >= 4 is 5.69 Å². The highest BCUT2D eigenvalue weighted by Crippen LogP contribution is 2.25. The summed E-state index contributed by atoms with van der Waals surface area (Å²) < 4.78 is 0. The molecular formula is C23H41N3. The second-order valence-corrected chi connectivity index (χ2v) is 8.73. The fourth-order valence-electron chi connectivity index (χ4n) is 4.16. The van der Waals surface area contributed by atoms with Crippen LogP contribution in [0.4, 0.5) is 5.69 Å². The third-order valence-electron chi connectivity index (χ3n) is 5.82. The average molecular weight is 360 g/mol. The maximum atomic E-state index is 2.70. The number of piperazine rings is 1. The van der Waals surface area contributed by atoms with Crippen LogP contribution < -0.4 is 4.90 Å². The standard InChI is InChI=1S/C21H35N3.C2H6/c1-18-6-5-7-20(16-18)23-10-8-19(9-11-23)17-22-12-14-24(15-13-22)21(2,3)4;1-2/h5-7,16,19H,8-15,17H2,1-4H3;1-2H3. The molecule has 0 radical (unpaired) electrons. The van der Waals surface area contributed by atoms with Crippen molar-refractivity contribution in [2.24, 2.45) is 5.92 Å². The van der Waals surface area contributed by atoms with Crippen LogP contribution in [0.5, 0.6) is 0 Å². The molecule has 1 aromatic rings. The Hall–Kier alpha value is -1.06. The molecule has 1 aromatic carbocycles. The molecule has 3 nitrogen and oxygen atoms in total. The summed E-state index contributed by atoms with van der Waals surface area (Å²) in [6, 6.07) is 8.96. The predicted octanol–water partition coefficient (Wildman–Crippen LogP) is 4.65. The molecule has 0 aliphatic carbocycles. The van der Waals surface area contributed by atoms with Gasteiger partial charge >= 0.3 is 0 Å². The van der Waals surface area contributed by atoms with Crippen LogP contribution in [-0.4, -0.2) is 61.2 Å². The van der Waals surface area contributed by atoms with Gasteiger partial charge in [-0.25, -0.2) is 0 Å². The number of rotatable bonds is 3. The lowest BCUT2D eigenvalue weighted by atomic mass is 9.95. The zero-order valence-corrected chi connectivity index (χ0v) is 18.1. The van der Waals surface area contributed by atoms with Crippen molar-refractivity contribution < 1.29 is 0 Å². The van der Waals surface area contributed by atoms with E-state index in [1.54, 1.807) is 0 Å². The van der Waals surface area contributed by atoms with E-state index in [4.69, 9.17) is 0 Å². The van der Waals surface area contributed by atoms with Crippen LogP contribution in [0.15, 0.2) is 24.3 Å². The summed E-state index contributed by atoms with van der Waals surface area (Å²) >= 11 is 0. The van der Waals surface area contributed by atoms with Crippen LogP contribution in [0, 0.1) is 12.8 Å². The lowest BCUT2D eigenvalue weighted by Gasteiger charge is -2.43. The Morgan fingerprint density at radius 1 is 0.923 bits per heavy atom. The molecule has 2 aliphatic rings. The summed E-state index contributed by atoms with van der Waals surface area (Å²) in [6.45, 7) is 21.9. The lowest BCUT2D eigenvalue weighted by Crippen LogP contribution is -2.54. The Kier molecular flexibility index (Phi) is 7.97. The van der Waals surface area contributed by atoms with E-state index in [-0.39, 0.29) is 0 Å². The minimum absolute atomic E-state index is 0.325. The van der Waals surface area contributed by atoms with Gasteiger partial charge in [0, 0.05) is 57.0 Å². The first-order valence-corrected chi connectivity index (χ1v) is 10.7. The molecule has 0 N–H and O–H groups in total. The van der Waals surface area contributed by atoms with Crippen LogP contribution in [-0.2, 0) is 0 Å². The summed E-state index contributed by atoms with van der Waals surface area (Å²) in [6.07, 6.45) is 2.68. The molecule has 3 rings (SSSR count). The molecule has 3 heteroatoms.